The predicted octanol–water partition coefficient (Wildman–Crippen LogP) is -1.44. The van der Waals surface area contributed by atoms with Gasteiger partial charge in [0.05, 0.1) is 19.0 Å². The molecule has 1 fully saturated rings. The molecule has 0 aromatic carbocycles. The minimum absolute atomic E-state index is 0. The standard InChI is InChI=1S/C6H13NO4S.Na.H/c8-12(9,10)6-3-7-1-4-11-5-2-7;;/h1-6H2,(H,8,9,10);;. The summed E-state index contributed by atoms with van der Waals surface area (Å²) in [6, 6.07) is 0. The van der Waals surface area contributed by atoms with Crippen LogP contribution in [-0.4, -0.2) is 86.0 Å². The van der Waals surface area contributed by atoms with Crippen LogP contribution in [0.5, 0.6) is 0 Å². The van der Waals surface area contributed by atoms with Crippen LogP contribution < -0.4 is 0 Å². The van der Waals surface area contributed by atoms with E-state index in [1.807, 2.05) is 4.90 Å². The molecule has 1 N–H and O–H groups in total. The summed E-state index contributed by atoms with van der Waals surface area (Å²) in [7, 11) is -3.81. The predicted molar refractivity (Wildman–Crippen MR) is 50.8 cm³/mol. The molecule has 1 aliphatic heterocycles. The quantitative estimate of drug-likeness (QED) is 0.465. The van der Waals surface area contributed by atoms with Gasteiger partial charge in [0.1, 0.15) is 0 Å². The van der Waals surface area contributed by atoms with Gasteiger partial charge in [-0.3, -0.25) is 9.45 Å². The van der Waals surface area contributed by atoms with Crippen LogP contribution in [0.4, 0.5) is 0 Å². The summed E-state index contributed by atoms with van der Waals surface area (Å²) >= 11 is 0. The molecule has 0 aliphatic carbocycles. The molecule has 7 heteroatoms. The van der Waals surface area contributed by atoms with E-state index in [0.29, 0.717) is 19.8 Å². The zero-order valence-corrected chi connectivity index (χ0v) is 7.59. The fraction of sp³-hybridized carbons (Fsp3) is 1.00. The maximum absolute atomic E-state index is 10.4. The molecule has 74 valence electrons. The van der Waals surface area contributed by atoms with Gasteiger partial charge < -0.3 is 4.74 Å². The maximum atomic E-state index is 10.4. The summed E-state index contributed by atoms with van der Waals surface area (Å²) in [5.41, 5.74) is 0. The fourth-order valence-corrected chi connectivity index (χ4v) is 1.56. The van der Waals surface area contributed by atoms with Crippen molar-refractivity contribution in [2.45, 2.75) is 0 Å². The summed E-state index contributed by atoms with van der Waals surface area (Å²) in [5.74, 6) is -0.188. The van der Waals surface area contributed by atoms with Crippen molar-refractivity contribution in [1.82, 2.24) is 4.90 Å². The van der Waals surface area contributed by atoms with E-state index in [9.17, 15) is 8.42 Å². The van der Waals surface area contributed by atoms with Crippen molar-refractivity contribution in [1.29, 1.82) is 0 Å². The van der Waals surface area contributed by atoms with Crippen LogP contribution >= 0.6 is 0 Å². The zero-order valence-electron chi connectivity index (χ0n) is 6.77. The number of nitrogens with zero attached hydrogens (tertiary/aromatic N) is 1. The molecule has 0 aromatic rings. The molecule has 0 amide bonds. The Morgan fingerprint density at radius 3 is 2.31 bits per heavy atom. The Morgan fingerprint density at radius 1 is 1.31 bits per heavy atom. The SMILES string of the molecule is O=S(=O)(O)CCN1CCOCC1.[NaH]. The van der Waals surface area contributed by atoms with Gasteiger partial charge in [-0.25, -0.2) is 0 Å². The van der Waals surface area contributed by atoms with E-state index < -0.39 is 10.1 Å². The van der Waals surface area contributed by atoms with Crippen LogP contribution in [0.2, 0.25) is 0 Å². The second kappa shape index (κ2) is 6.34. The molecule has 0 saturated carbocycles. The molecule has 0 aromatic heterocycles. The average molecular weight is 219 g/mol. The van der Waals surface area contributed by atoms with E-state index in [4.69, 9.17) is 9.29 Å². The van der Waals surface area contributed by atoms with Crippen LogP contribution in [0.15, 0.2) is 0 Å². The van der Waals surface area contributed by atoms with E-state index in [1.54, 1.807) is 0 Å². The van der Waals surface area contributed by atoms with Crippen molar-refractivity contribution >= 4 is 39.7 Å². The van der Waals surface area contributed by atoms with Crippen LogP contribution in [-0.2, 0) is 14.9 Å². The van der Waals surface area contributed by atoms with E-state index in [-0.39, 0.29) is 35.3 Å². The summed E-state index contributed by atoms with van der Waals surface area (Å²) in [6.45, 7) is 3.17. The second-order valence-electron chi connectivity index (χ2n) is 2.74. The number of morpholine rings is 1. The number of rotatable bonds is 3. The molecule has 1 aliphatic rings. The van der Waals surface area contributed by atoms with Crippen molar-refractivity contribution in [3.63, 3.8) is 0 Å². The fourth-order valence-electron chi connectivity index (χ4n) is 1.07. The third kappa shape index (κ3) is 6.84. The van der Waals surface area contributed by atoms with Gasteiger partial charge in [0.15, 0.2) is 0 Å². The first-order valence-corrected chi connectivity index (χ1v) is 5.44. The first kappa shape index (κ1) is 13.8. The molecule has 0 bridgehead atoms. The Hall–Kier alpha value is 0.830. The number of hydrogen-bond donors (Lipinski definition) is 1. The van der Waals surface area contributed by atoms with Gasteiger partial charge >= 0.3 is 29.6 Å². The molecule has 0 atom stereocenters. The Kier molecular flexibility index (Phi) is 6.74. The summed E-state index contributed by atoms with van der Waals surface area (Å²) < 4.78 is 34.3. The van der Waals surface area contributed by atoms with Crippen molar-refractivity contribution in [3.8, 4) is 0 Å². The van der Waals surface area contributed by atoms with E-state index in [1.165, 1.54) is 0 Å². The third-order valence-corrected chi connectivity index (χ3v) is 2.47. The molecular formula is C6H14NNaO4S. The second-order valence-corrected chi connectivity index (χ2v) is 4.31. The van der Waals surface area contributed by atoms with E-state index in [2.05, 4.69) is 0 Å². The topological polar surface area (TPSA) is 66.8 Å². The Balaban J connectivity index is 0.00000144. The third-order valence-electron chi connectivity index (χ3n) is 1.77. The summed E-state index contributed by atoms with van der Waals surface area (Å²) in [5, 5.41) is 0. The molecule has 1 heterocycles. The van der Waals surface area contributed by atoms with E-state index in [0.717, 1.165) is 13.1 Å². The van der Waals surface area contributed by atoms with Gasteiger partial charge in [0.25, 0.3) is 10.1 Å². The molecule has 5 nitrogen and oxygen atoms in total. The average Bonchev–Trinajstić information content (AvgIpc) is 2.02. The molecule has 0 unspecified atom stereocenters. The Morgan fingerprint density at radius 2 is 1.85 bits per heavy atom. The van der Waals surface area contributed by atoms with Gasteiger partial charge in [0.2, 0.25) is 0 Å². The van der Waals surface area contributed by atoms with Gasteiger partial charge in [-0.15, -0.1) is 0 Å². The Labute approximate surface area is 100 Å². The van der Waals surface area contributed by atoms with Gasteiger partial charge in [-0.05, 0) is 0 Å². The van der Waals surface area contributed by atoms with Crippen LogP contribution in [0.25, 0.3) is 0 Å². The van der Waals surface area contributed by atoms with Crippen LogP contribution in [0.1, 0.15) is 0 Å². The van der Waals surface area contributed by atoms with Crippen LogP contribution in [0.3, 0.4) is 0 Å². The molecule has 1 rings (SSSR count). The Bertz CT molecular complexity index is 225. The van der Waals surface area contributed by atoms with Gasteiger partial charge in [-0.2, -0.15) is 8.42 Å². The monoisotopic (exact) mass is 219 g/mol. The van der Waals surface area contributed by atoms with E-state index >= 15 is 0 Å². The normalized spacial score (nSPS) is 19.5. The number of ether oxygens (including phenoxy) is 1. The van der Waals surface area contributed by atoms with Crippen molar-refractivity contribution < 1.29 is 17.7 Å². The van der Waals surface area contributed by atoms with Crippen molar-refractivity contribution in [2.24, 2.45) is 0 Å². The van der Waals surface area contributed by atoms with Crippen molar-refractivity contribution in [3.05, 3.63) is 0 Å². The van der Waals surface area contributed by atoms with Gasteiger partial charge in [-0.1, -0.05) is 0 Å². The molecule has 0 spiro atoms. The molecule has 13 heavy (non-hydrogen) atoms. The first-order valence-electron chi connectivity index (χ1n) is 3.83. The van der Waals surface area contributed by atoms with Crippen molar-refractivity contribution in [2.75, 3.05) is 38.6 Å². The van der Waals surface area contributed by atoms with Gasteiger partial charge in [0, 0.05) is 19.6 Å². The number of hydrogen-bond acceptors (Lipinski definition) is 4. The zero-order chi connectivity index (χ0) is 9.03. The molecule has 0 radical (unpaired) electrons. The van der Waals surface area contributed by atoms with Crippen LogP contribution in [0, 0.1) is 0 Å². The first-order chi connectivity index (χ1) is 5.58. The summed E-state index contributed by atoms with van der Waals surface area (Å²) in [6.07, 6.45) is 0. The summed E-state index contributed by atoms with van der Waals surface area (Å²) in [4.78, 5) is 1.96. The molecule has 1 saturated heterocycles. The minimum atomic E-state index is -3.81. The molecular weight excluding hydrogens is 205 g/mol.